The van der Waals surface area contributed by atoms with Gasteiger partial charge in [0.2, 0.25) is 5.75 Å². The van der Waals surface area contributed by atoms with Crippen molar-refractivity contribution in [2.45, 2.75) is 6.42 Å². The Kier molecular flexibility index (Phi) is 4.67. The number of ketones is 1. The molecular weight excluding hydrogens is 328 g/mol. The molecule has 0 saturated heterocycles. The molecule has 1 aliphatic heterocycles. The standard InChI is InChI=1S/C18H18O7/c1-22-14-8-13-15(18(23-2)17(14)20)16(19)11(9-24-13)7-10-3-5-12(25-21)6-4-10/h3-6,8,11,20-21H,7,9H2,1-2H3. The minimum atomic E-state index is -0.421. The van der Waals surface area contributed by atoms with Gasteiger partial charge in [0.1, 0.15) is 11.3 Å². The van der Waals surface area contributed by atoms with Gasteiger partial charge < -0.3 is 24.2 Å². The lowest BCUT2D eigenvalue weighted by molar-refractivity contribution is -0.137. The molecule has 0 bridgehead atoms. The number of hydrogen-bond acceptors (Lipinski definition) is 7. The summed E-state index contributed by atoms with van der Waals surface area (Å²) in [6, 6.07) is 8.21. The Bertz CT molecular complexity index is 783. The number of benzene rings is 2. The van der Waals surface area contributed by atoms with Crippen LogP contribution in [0.4, 0.5) is 0 Å². The van der Waals surface area contributed by atoms with Gasteiger partial charge in [-0.2, -0.15) is 0 Å². The van der Waals surface area contributed by atoms with Crippen molar-refractivity contribution in [3.8, 4) is 28.7 Å². The summed E-state index contributed by atoms with van der Waals surface area (Å²) in [6.45, 7) is 0.209. The summed E-state index contributed by atoms with van der Waals surface area (Å²) in [5.74, 6) is 0.0599. The molecule has 0 aromatic heterocycles. The Labute approximate surface area is 144 Å². The zero-order chi connectivity index (χ0) is 18.0. The van der Waals surface area contributed by atoms with E-state index in [0.29, 0.717) is 17.9 Å². The molecule has 0 spiro atoms. The third kappa shape index (κ3) is 3.06. The molecule has 0 fully saturated rings. The third-order valence-electron chi connectivity index (χ3n) is 4.18. The van der Waals surface area contributed by atoms with Crippen molar-refractivity contribution >= 4 is 5.78 Å². The number of Topliss-reactive ketones (excluding diaryl/α,β-unsaturated/α-hetero) is 1. The molecular formula is C18H18O7. The summed E-state index contributed by atoms with van der Waals surface area (Å²) in [5, 5.41) is 18.8. The van der Waals surface area contributed by atoms with Gasteiger partial charge in [0, 0.05) is 6.07 Å². The molecule has 7 heteroatoms. The zero-order valence-corrected chi connectivity index (χ0v) is 13.8. The van der Waals surface area contributed by atoms with Crippen LogP contribution in [0, 0.1) is 5.92 Å². The maximum absolute atomic E-state index is 12.9. The zero-order valence-electron chi connectivity index (χ0n) is 13.8. The molecule has 132 valence electrons. The molecule has 2 N–H and O–H groups in total. The monoisotopic (exact) mass is 346 g/mol. The molecule has 25 heavy (non-hydrogen) atoms. The fourth-order valence-electron chi connectivity index (χ4n) is 2.90. The number of phenolic OH excluding ortho intramolecular Hbond substituents is 1. The van der Waals surface area contributed by atoms with Crippen molar-refractivity contribution in [1.29, 1.82) is 0 Å². The maximum atomic E-state index is 12.9. The number of ether oxygens (including phenoxy) is 3. The lowest BCUT2D eigenvalue weighted by Crippen LogP contribution is -2.30. The van der Waals surface area contributed by atoms with E-state index < -0.39 is 5.92 Å². The van der Waals surface area contributed by atoms with Crippen LogP contribution >= 0.6 is 0 Å². The third-order valence-corrected chi connectivity index (χ3v) is 4.18. The van der Waals surface area contributed by atoms with Crippen LogP contribution in [0.25, 0.3) is 0 Å². The molecule has 3 rings (SSSR count). The predicted octanol–water partition coefficient (Wildman–Crippen LogP) is 2.70. The summed E-state index contributed by atoms with van der Waals surface area (Å²) >= 11 is 0. The second-order valence-corrected chi connectivity index (χ2v) is 5.65. The van der Waals surface area contributed by atoms with E-state index in [1.165, 1.54) is 20.3 Å². The summed E-state index contributed by atoms with van der Waals surface area (Å²) in [6.07, 6.45) is 0.444. The van der Waals surface area contributed by atoms with E-state index in [0.717, 1.165) is 5.56 Å². The highest BCUT2D eigenvalue weighted by Crippen LogP contribution is 2.47. The molecule has 7 nitrogen and oxygen atoms in total. The van der Waals surface area contributed by atoms with E-state index in [9.17, 15) is 9.90 Å². The SMILES string of the molecule is COc1cc2c(c(OC)c1O)C(=O)C(Cc1ccc(OO)cc1)CO2. The largest absolute Gasteiger partial charge is 0.502 e. The first-order chi connectivity index (χ1) is 12.1. The Morgan fingerprint density at radius 1 is 1.20 bits per heavy atom. The first-order valence-corrected chi connectivity index (χ1v) is 7.64. The Morgan fingerprint density at radius 2 is 1.92 bits per heavy atom. The highest BCUT2D eigenvalue weighted by molar-refractivity contribution is 6.05. The smallest absolute Gasteiger partial charge is 0.201 e. The van der Waals surface area contributed by atoms with Crippen LogP contribution < -0.4 is 19.1 Å². The Balaban J connectivity index is 1.91. The van der Waals surface area contributed by atoms with Crippen LogP contribution in [-0.2, 0) is 6.42 Å². The number of phenols is 1. The first-order valence-electron chi connectivity index (χ1n) is 7.64. The number of carbonyl (C=O) groups excluding carboxylic acids is 1. The lowest BCUT2D eigenvalue weighted by atomic mass is 9.89. The van der Waals surface area contributed by atoms with Gasteiger partial charge in [-0.3, -0.25) is 4.79 Å². The van der Waals surface area contributed by atoms with Crippen molar-refractivity contribution in [3.63, 3.8) is 0 Å². The molecule has 2 aromatic rings. The van der Waals surface area contributed by atoms with Crippen LogP contribution in [-0.4, -0.2) is 37.0 Å². The number of methoxy groups -OCH3 is 2. The van der Waals surface area contributed by atoms with Gasteiger partial charge in [-0.15, -0.1) is 0 Å². The number of aromatic hydroxyl groups is 1. The van der Waals surface area contributed by atoms with Gasteiger partial charge in [0.15, 0.2) is 23.0 Å². The van der Waals surface area contributed by atoms with E-state index in [1.54, 1.807) is 24.3 Å². The summed E-state index contributed by atoms with van der Waals surface area (Å²) in [4.78, 5) is 17.0. The number of rotatable bonds is 5. The lowest BCUT2D eigenvalue weighted by Gasteiger charge is -2.26. The predicted molar refractivity (Wildman–Crippen MR) is 87.9 cm³/mol. The molecule has 0 radical (unpaired) electrons. The molecule has 2 aromatic carbocycles. The van der Waals surface area contributed by atoms with Crippen molar-refractivity contribution in [3.05, 3.63) is 41.5 Å². The first kappa shape index (κ1) is 16.9. The van der Waals surface area contributed by atoms with Crippen LogP contribution in [0.5, 0.6) is 28.7 Å². The van der Waals surface area contributed by atoms with Crippen molar-refractivity contribution in [1.82, 2.24) is 0 Å². The normalized spacial score (nSPS) is 16.0. The topological polar surface area (TPSA) is 94.5 Å². The van der Waals surface area contributed by atoms with E-state index >= 15 is 0 Å². The van der Waals surface area contributed by atoms with Crippen LogP contribution in [0.2, 0.25) is 0 Å². The van der Waals surface area contributed by atoms with Gasteiger partial charge in [0.05, 0.1) is 26.7 Å². The molecule has 0 amide bonds. The average molecular weight is 346 g/mol. The Hall–Kier alpha value is -2.93. The van der Waals surface area contributed by atoms with Crippen molar-refractivity contribution in [2.24, 2.45) is 5.92 Å². The van der Waals surface area contributed by atoms with E-state index in [2.05, 4.69) is 4.89 Å². The summed E-state index contributed by atoms with van der Waals surface area (Å²) in [7, 11) is 2.79. The second-order valence-electron chi connectivity index (χ2n) is 5.65. The van der Waals surface area contributed by atoms with Gasteiger partial charge in [-0.1, -0.05) is 12.1 Å². The molecule has 1 unspecified atom stereocenters. The quantitative estimate of drug-likeness (QED) is 0.635. The molecule has 1 atom stereocenters. The van der Waals surface area contributed by atoms with Crippen LogP contribution in [0.15, 0.2) is 30.3 Å². The van der Waals surface area contributed by atoms with E-state index in [4.69, 9.17) is 19.5 Å². The fourth-order valence-corrected chi connectivity index (χ4v) is 2.90. The van der Waals surface area contributed by atoms with Gasteiger partial charge >= 0.3 is 0 Å². The average Bonchev–Trinajstić information content (AvgIpc) is 2.64. The van der Waals surface area contributed by atoms with Crippen molar-refractivity contribution in [2.75, 3.05) is 20.8 Å². The maximum Gasteiger partial charge on any atom is 0.201 e. The van der Waals surface area contributed by atoms with Crippen molar-refractivity contribution < 1.29 is 34.3 Å². The number of hydrogen-bond donors (Lipinski definition) is 2. The molecule has 1 heterocycles. The van der Waals surface area contributed by atoms with E-state index in [1.807, 2.05) is 0 Å². The van der Waals surface area contributed by atoms with Crippen LogP contribution in [0.1, 0.15) is 15.9 Å². The van der Waals surface area contributed by atoms with Gasteiger partial charge in [-0.05, 0) is 24.1 Å². The molecule has 1 aliphatic rings. The molecule has 0 aliphatic carbocycles. The van der Waals surface area contributed by atoms with Gasteiger partial charge in [-0.25, -0.2) is 5.26 Å². The van der Waals surface area contributed by atoms with Gasteiger partial charge in [0.25, 0.3) is 0 Å². The minimum absolute atomic E-state index is 0.0491. The fraction of sp³-hybridized carbons (Fsp3) is 0.278. The van der Waals surface area contributed by atoms with Crippen LogP contribution in [0.3, 0.4) is 0 Å². The molecule has 0 saturated carbocycles. The minimum Gasteiger partial charge on any atom is -0.502 e. The highest BCUT2D eigenvalue weighted by Gasteiger charge is 2.34. The second kappa shape index (κ2) is 6.90. The highest BCUT2D eigenvalue weighted by atomic mass is 17.1. The number of fused-ring (bicyclic) bond motifs is 1. The summed E-state index contributed by atoms with van der Waals surface area (Å²) < 4.78 is 16.0. The number of carbonyl (C=O) groups is 1. The summed E-state index contributed by atoms with van der Waals surface area (Å²) in [5.41, 5.74) is 1.11. The Morgan fingerprint density at radius 3 is 2.52 bits per heavy atom. The van der Waals surface area contributed by atoms with E-state index in [-0.39, 0.29) is 35.2 Å².